The highest BCUT2D eigenvalue weighted by Crippen LogP contribution is 2.40. The number of nitrogens with zero attached hydrogens (tertiary/aromatic N) is 2. The summed E-state index contributed by atoms with van der Waals surface area (Å²) in [6.45, 7) is 10.2. The Morgan fingerprint density at radius 3 is 2.48 bits per heavy atom. The van der Waals surface area contributed by atoms with Crippen molar-refractivity contribution in [3.05, 3.63) is 17.7 Å². The van der Waals surface area contributed by atoms with Crippen LogP contribution in [0.4, 0.5) is 10.5 Å². The first-order valence-corrected chi connectivity index (χ1v) is 10.6. The fourth-order valence-corrected chi connectivity index (χ4v) is 4.26. The average Bonchev–Trinajstić information content (AvgIpc) is 2.98. The Bertz CT molecular complexity index is 833. The van der Waals surface area contributed by atoms with E-state index < -0.39 is 5.60 Å². The lowest BCUT2D eigenvalue weighted by Crippen LogP contribution is -2.50. The Hall–Kier alpha value is -2.02. The molecule has 0 bridgehead atoms. The molecule has 1 aliphatic heterocycles. The summed E-state index contributed by atoms with van der Waals surface area (Å²) in [6.07, 6.45) is 2.72. The number of thioether (sulfide) groups is 1. The number of aromatic hydroxyl groups is 1. The zero-order chi connectivity index (χ0) is 19.8. The van der Waals surface area contributed by atoms with Crippen molar-refractivity contribution >= 4 is 34.4 Å². The van der Waals surface area contributed by atoms with Crippen molar-refractivity contribution in [3.63, 3.8) is 0 Å². The SMILES string of the molecule is CCc1c(SC)[nH]c2c(N3CCN(C(=O)OC(C)(C)C)CC3)c(O)ccc12. The summed E-state index contributed by atoms with van der Waals surface area (Å²) in [6, 6.07) is 3.76. The maximum absolute atomic E-state index is 12.3. The zero-order valence-electron chi connectivity index (χ0n) is 16.8. The van der Waals surface area contributed by atoms with E-state index in [1.54, 1.807) is 22.7 Å². The van der Waals surface area contributed by atoms with Gasteiger partial charge in [0.15, 0.2) is 0 Å². The Balaban J connectivity index is 1.84. The molecule has 7 heteroatoms. The Labute approximate surface area is 164 Å². The first-order chi connectivity index (χ1) is 12.7. The fourth-order valence-electron chi connectivity index (χ4n) is 3.55. The van der Waals surface area contributed by atoms with Crippen molar-refractivity contribution in [2.45, 2.75) is 44.7 Å². The number of nitrogens with one attached hydrogen (secondary N) is 1. The molecule has 0 spiro atoms. The smallest absolute Gasteiger partial charge is 0.410 e. The first kappa shape index (κ1) is 19.7. The number of carbonyl (C=O) groups excluding carboxylic acids is 1. The van der Waals surface area contributed by atoms with E-state index in [1.807, 2.05) is 26.8 Å². The molecule has 1 fully saturated rings. The van der Waals surface area contributed by atoms with E-state index in [4.69, 9.17) is 4.74 Å². The average molecular weight is 392 g/mol. The molecule has 27 heavy (non-hydrogen) atoms. The number of aromatic nitrogens is 1. The number of aromatic amines is 1. The number of aryl methyl sites for hydroxylation is 1. The molecule has 148 valence electrons. The number of anilines is 1. The van der Waals surface area contributed by atoms with Gasteiger partial charge >= 0.3 is 6.09 Å². The number of phenols is 1. The molecule has 0 unspecified atom stereocenters. The molecule has 0 saturated carbocycles. The van der Waals surface area contributed by atoms with Crippen molar-refractivity contribution in [1.29, 1.82) is 0 Å². The summed E-state index contributed by atoms with van der Waals surface area (Å²) in [4.78, 5) is 19.7. The van der Waals surface area contributed by atoms with Crippen LogP contribution in [0.1, 0.15) is 33.3 Å². The number of fused-ring (bicyclic) bond motifs is 1. The highest BCUT2D eigenvalue weighted by Gasteiger charge is 2.28. The quantitative estimate of drug-likeness (QED) is 0.767. The van der Waals surface area contributed by atoms with Crippen molar-refractivity contribution < 1.29 is 14.6 Å². The molecule has 2 aromatic rings. The van der Waals surface area contributed by atoms with Gasteiger partial charge in [0.2, 0.25) is 0 Å². The second kappa shape index (κ2) is 7.54. The summed E-state index contributed by atoms with van der Waals surface area (Å²) in [5, 5.41) is 12.9. The normalized spacial score (nSPS) is 15.4. The van der Waals surface area contributed by atoms with Crippen LogP contribution in [-0.2, 0) is 11.2 Å². The summed E-state index contributed by atoms with van der Waals surface area (Å²) in [5.74, 6) is 0.268. The Morgan fingerprint density at radius 1 is 1.26 bits per heavy atom. The minimum Gasteiger partial charge on any atom is -0.506 e. The molecule has 1 amide bonds. The van der Waals surface area contributed by atoms with Gasteiger partial charge in [0, 0.05) is 31.6 Å². The predicted molar refractivity (Wildman–Crippen MR) is 111 cm³/mol. The molecular formula is C20H29N3O3S. The van der Waals surface area contributed by atoms with Gasteiger partial charge < -0.3 is 24.6 Å². The van der Waals surface area contributed by atoms with E-state index in [1.165, 1.54) is 5.56 Å². The van der Waals surface area contributed by atoms with Crippen LogP contribution >= 0.6 is 11.8 Å². The van der Waals surface area contributed by atoms with Gasteiger partial charge in [0.1, 0.15) is 17.0 Å². The minimum absolute atomic E-state index is 0.268. The number of hydrogen-bond acceptors (Lipinski definition) is 5. The molecule has 1 saturated heterocycles. The molecule has 2 N–H and O–H groups in total. The van der Waals surface area contributed by atoms with Gasteiger partial charge in [-0.3, -0.25) is 0 Å². The maximum Gasteiger partial charge on any atom is 0.410 e. The summed E-state index contributed by atoms with van der Waals surface area (Å²) in [5.41, 5.74) is 2.59. The monoisotopic (exact) mass is 391 g/mol. The lowest BCUT2D eigenvalue weighted by Gasteiger charge is -2.37. The number of piperazine rings is 1. The lowest BCUT2D eigenvalue weighted by atomic mass is 10.1. The Kier molecular flexibility index (Phi) is 5.51. The van der Waals surface area contributed by atoms with Gasteiger partial charge in [-0.2, -0.15) is 0 Å². The van der Waals surface area contributed by atoms with Crippen molar-refractivity contribution in [2.75, 3.05) is 37.3 Å². The highest BCUT2D eigenvalue weighted by atomic mass is 32.2. The van der Waals surface area contributed by atoms with Crippen molar-refractivity contribution in [1.82, 2.24) is 9.88 Å². The molecule has 0 atom stereocenters. The number of rotatable bonds is 3. The maximum atomic E-state index is 12.3. The fraction of sp³-hybridized carbons (Fsp3) is 0.550. The number of ether oxygens (including phenoxy) is 1. The number of carbonyl (C=O) groups is 1. The largest absolute Gasteiger partial charge is 0.506 e. The molecule has 1 aromatic carbocycles. The van der Waals surface area contributed by atoms with Crippen LogP contribution in [0, 0.1) is 0 Å². The Morgan fingerprint density at radius 2 is 1.93 bits per heavy atom. The number of phenolic OH excluding ortho intramolecular Hbond substituents is 1. The van der Waals surface area contributed by atoms with Crippen LogP contribution in [0.15, 0.2) is 17.2 Å². The molecule has 1 aliphatic rings. The molecule has 6 nitrogen and oxygen atoms in total. The van der Waals surface area contributed by atoms with Gasteiger partial charge in [-0.25, -0.2) is 4.79 Å². The number of hydrogen-bond donors (Lipinski definition) is 2. The molecule has 0 aliphatic carbocycles. The van der Waals surface area contributed by atoms with Crippen molar-refractivity contribution in [3.8, 4) is 5.75 Å². The second-order valence-electron chi connectivity index (χ2n) is 7.80. The van der Waals surface area contributed by atoms with Crippen LogP contribution in [0.3, 0.4) is 0 Å². The van der Waals surface area contributed by atoms with Gasteiger partial charge in [-0.1, -0.05) is 6.92 Å². The third-order valence-electron chi connectivity index (χ3n) is 4.80. The van der Waals surface area contributed by atoms with Crippen molar-refractivity contribution in [2.24, 2.45) is 0 Å². The lowest BCUT2D eigenvalue weighted by molar-refractivity contribution is 0.0240. The van der Waals surface area contributed by atoms with Crippen LogP contribution in [0.25, 0.3) is 10.9 Å². The minimum atomic E-state index is -0.493. The third-order valence-corrected chi connectivity index (χ3v) is 5.56. The summed E-state index contributed by atoms with van der Waals surface area (Å²) in [7, 11) is 0. The van der Waals surface area contributed by atoms with E-state index in [0.717, 1.165) is 28.0 Å². The van der Waals surface area contributed by atoms with Gasteiger partial charge in [-0.15, -0.1) is 11.8 Å². The molecular weight excluding hydrogens is 362 g/mol. The van der Waals surface area contributed by atoms with Crippen LogP contribution in [0.5, 0.6) is 5.75 Å². The third kappa shape index (κ3) is 3.98. The van der Waals surface area contributed by atoms with Gasteiger partial charge in [-0.05, 0) is 51.1 Å². The number of benzene rings is 1. The molecule has 3 rings (SSSR count). The highest BCUT2D eigenvalue weighted by molar-refractivity contribution is 7.98. The van der Waals surface area contributed by atoms with Crippen LogP contribution in [0.2, 0.25) is 0 Å². The van der Waals surface area contributed by atoms with Crippen LogP contribution in [-0.4, -0.2) is 59.1 Å². The summed E-state index contributed by atoms with van der Waals surface area (Å²) >= 11 is 1.69. The number of H-pyrrole nitrogens is 1. The number of amides is 1. The first-order valence-electron chi connectivity index (χ1n) is 9.38. The predicted octanol–water partition coefficient (Wildman–Crippen LogP) is 4.21. The summed E-state index contributed by atoms with van der Waals surface area (Å²) < 4.78 is 5.47. The zero-order valence-corrected chi connectivity index (χ0v) is 17.6. The van der Waals surface area contributed by atoms with E-state index >= 15 is 0 Å². The molecule has 1 aromatic heterocycles. The van der Waals surface area contributed by atoms with Gasteiger partial charge in [0.25, 0.3) is 0 Å². The van der Waals surface area contributed by atoms with E-state index in [9.17, 15) is 9.90 Å². The van der Waals surface area contributed by atoms with E-state index in [-0.39, 0.29) is 11.8 Å². The molecule has 2 heterocycles. The van der Waals surface area contributed by atoms with Gasteiger partial charge in [0.05, 0.1) is 10.5 Å². The van der Waals surface area contributed by atoms with E-state index in [2.05, 4.69) is 23.1 Å². The van der Waals surface area contributed by atoms with Crippen LogP contribution < -0.4 is 4.90 Å². The van der Waals surface area contributed by atoms with E-state index in [0.29, 0.717) is 26.2 Å². The topological polar surface area (TPSA) is 68.8 Å². The second-order valence-corrected chi connectivity index (χ2v) is 8.62. The molecule has 0 radical (unpaired) electrons. The standard InChI is InChI=1S/C20H29N3O3S/c1-6-13-14-7-8-15(24)17(16(14)21-18(13)27-5)22-9-11-23(12-10-22)19(25)26-20(2,3)4/h7-8,21,24H,6,9-12H2,1-5H3.